The molecular formula is C50H33NO. The lowest BCUT2D eigenvalue weighted by molar-refractivity contribution is 0.669. The molecule has 9 aromatic carbocycles. The van der Waals surface area contributed by atoms with Gasteiger partial charge in [0.1, 0.15) is 11.2 Å². The molecule has 52 heavy (non-hydrogen) atoms. The number of benzene rings is 9. The van der Waals surface area contributed by atoms with Gasteiger partial charge in [0.05, 0.1) is 5.69 Å². The smallest absolute Gasteiger partial charge is 0.135 e. The highest BCUT2D eigenvalue weighted by molar-refractivity contribution is 6.14. The molecule has 0 unspecified atom stereocenters. The van der Waals surface area contributed by atoms with Crippen molar-refractivity contribution in [1.29, 1.82) is 0 Å². The molecule has 0 aliphatic heterocycles. The number of fused-ring (bicyclic) bond motifs is 6. The minimum Gasteiger partial charge on any atom is -0.456 e. The van der Waals surface area contributed by atoms with Gasteiger partial charge < -0.3 is 9.32 Å². The summed E-state index contributed by atoms with van der Waals surface area (Å²) >= 11 is 0. The summed E-state index contributed by atoms with van der Waals surface area (Å²) in [6.07, 6.45) is 0. The van der Waals surface area contributed by atoms with Crippen LogP contribution in [0.3, 0.4) is 0 Å². The van der Waals surface area contributed by atoms with Crippen molar-refractivity contribution in [1.82, 2.24) is 0 Å². The molecule has 2 heteroatoms. The van der Waals surface area contributed by atoms with E-state index in [1.165, 1.54) is 49.4 Å². The first kappa shape index (κ1) is 30.0. The number of anilines is 3. The summed E-state index contributed by atoms with van der Waals surface area (Å²) in [7, 11) is 0. The van der Waals surface area contributed by atoms with E-state index in [9.17, 15) is 0 Å². The Hall–Kier alpha value is -6.90. The van der Waals surface area contributed by atoms with Gasteiger partial charge in [0.2, 0.25) is 0 Å². The second-order valence-electron chi connectivity index (χ2n) is 13.4. The fourth-order valence-corrected chi connectivity index (χ4v) is 7.67. The molecule has 10 rings (SSSR count). The predicted molar refractivity (Wildman–Crippen MR) is 220 cm³/mol. The van der Waals surface area contributed by atoms with E-state index in [0.717, 1.165) is 44.6 Å². The Bertz CT molecular complexity index is 2890. The molecule has 0 saturated carbocycles. The number of hydrogen-bond donors (Lipinski definition) is 0. The van der Waals surface area contributed by atoms with E-state index >= 15 is 0 Å². The third-order valence-corrected chi connectivity index (χ3v) is 10.2. The van der Waals surface area contributed by atoms with Crippen LogP contribution < -0.4 is 4.90 Å². The number of rotatable bonds is 6. The first-order chi connectivity index (χ1) is 25.8. The molecule has 0 aliphatic rings. The highest BCUT2D eigenvalue weighted by Gasteiger charge is 2.17. The van der Waals surface area contributed by atoms with Crippen LogP contribution in [0.5, 0.6) is 0 Å². The zero-order chi connectivity index (χ0) is 34.4. The van der Waals surface area contributed by atoms with Gasteiger partial charge in [-0.3, -0.25) is 0 Å². The van der Waals surface area contributed by atoms with Crippen LogP contribution in [0, 0.1) is 0 Å². The highest BCUT2D eigenvalue weighted by atomic mass is 16.3. The highest BCUT2D eigenvalue weighted by Crippen LogP contribution is 2.42. The maximum Gasteiger partial charge on any atom is 0.135 e. The molecule has 0 saturated heterocycles. The third kappa shape index (κ3) is 5.21. The van der Waals surface area contributed by atoms with Gasteiger partial charge in [-0.25, -0.2) is 0 Å². The summed E-state index contributed by atoms with van der Waals surface area (Å²) in [6.45, 7) is 0. The van der Waals surface area contributed by atoms with Crippen molar-refractivity contribution in [2.75, 3.05) is 4.90 Å². The van der Waals surface area contributed by atoms with Gasteiger partial charge in [-0.2, -0.15) is 0 Å². The maximum absolute atomic E-state index is 6.26. The van der Waals surface area contributed by atoms with Crippen LogP contribution >= 0.6 is 0 Å². The fraction of sp³-hybridized carbons (Fsp3) is 0. The average molecular weight is 664 g/mol. The molecule has 1 aromatic heterocycles. The normalized spacial score (nSPS) is 11.5. The summed E-state index contributed by atoms with van der Waals surface area (Å²) in [4.78, 5) is 2.38. The van der Waals surface area contributed by atoms with Gasteiger partial charge in [0, 0.05) is 27.5 Å². The van der Waals surface area contributed by atoms with Crippen LogP contribution in [0.2, 0.25) is 0 Å². The lowest BCUT2D eigenvalue weighted by atomic mass is 9.97. The van der Waals surface area contributed by atoms with Gasteiger partial charge in [0.15, 0.2) is 0 Å². The Morgan fingerprint density at radius 3 is 1.48 bits per heavy atom. The fourth-order valence-electron chi connectivity index (χ4n) is 7.67. The van der Waals surface area contributed by atoms with Crippen LogP contribution in [0.15, 0.2) is 205 Å². The average Bonchev–Trinajstić information content (AvgIpc) is 3.59. The van der Waals surface area contributed by atoms with Gasteiger partial charge in [-0.1, -0.05) is 140 Å². The number of hydrogen-bond acceptors (Lipinski definition) is 2. The van der Waals surface area contributed by atoms with Gasteiger partial charge in [0.25, 0.3) is 0 Å². The Morgan fingerprint density at radius 2 is 0.769 bits per heavy atom. The van der Waals surface area contributed by atoms with Crippen molar-refractivity contribution < 1.29 is 4.42 Å². The zero-order valence-corrected chi connectivity index (χ0v) is 28.4. The Kier molecular flexibility index (Phi) is 7.18. The predicted octanol–water partition coefficient (Wildman–Crippen LogP) is 14.4. The van der Waals surface area contributed by atoms with Crippen molar-refractivity contribution in [3.63, 3.8) is 0 Å². The van der Waals surface area contributed by atoms with E-state index < -0.39 is 0 Å². The molecule has 0 aliphatic carbocycles. The zero-order valence-electron chi connectivity index (χ0n) is 28.4. The van der Waals surface area contributed by atoms with Crippen LogP contribution in [0.1, 0.15) is 0 Å². The van der Waals surface area contributed by atoms with E-state index in [-0.39, 0.29) is 0 Å². The van der Waals surface area contributed by atoms with Gasteiger partial charge in [-0.15, -0.1) is 0 Å². The molecular weight excluding hydrogens is 631 g/mol. The molecule has 1 heterocycles. The van der Waals surface area contributed by atoms with Crippen LogP contribution in [0.4, 0.5) is 17.1 Å². The monoisotopic (exact) mass is 663 g/mol. The molecule has 0 spiro atoms. The lowest BCUT2D eigenvalue weighted by Gasteiger charge is -2.27. The summed E-state index contributed by atoms with van der Waals surface area (Å²) < 4.78 is 6.26. The Labute approximate surface area is 302 Å². The van der Waals surface area contributed by atoms with Crippen LogP contribution in [0.25, 0.3) is 76.9 Å². The van der Waals surface area contributed by atoms with E-state index in [2.05, 4.69) is 205 Å². The number of para-hydroxylation sites is 1. The summed E-state index contributed by atoms with van der Waals surface area (Å²) in [5, 5.41) is 7.23. The molecule has 244 valence electrons. The first-order valence-electron chi connectivity index (χ1n) is 17.8. The number of furan rings is 1. The van der Waals surface area contributed by atoms with Crippen molar-refractivity contribution in [3.05, 3.63) is 200 Å². The SMILES string of the molecule is c1ccc(-c2ccc3oc4ccc(-c5cccc(-c6ccc(N(c7ccccc7)c7cc8ccccc8c8ccccc78)cc6)c5)cc4c3c2)cc1. The van der Waals surface area contributed by atoms with Crippen LogP contribution in [-0.2, 0) is 0 Å². The van der Waals surface area contributed by atoms with Gasteiger partial charge in [-0.05, 0) is 110 Å². The third-order valence-electron chi connectivity index (χ3n) is 10.2. The Morgan fingerprint density at radius 1 is 0.288 bits per heavy atom. The standard InChI is InChI=1S/C50H33NO/c1-3-12-34(13-4-1)38-24-28-49-46(31-38)47-32-39(25-29-50(47)52-49)37-16-11-15-36(30-37)35-22-26-42(27-23-35)51(41-17-5-2-6-18-41)48-33-40-14-7-8-19-43(40)44-20-9-10-21-45(44)48/h1-33H. The van der Waals surface area contributed by atoms with Crippen molar-refractivity contribution in [3.8, 4) is 33.4 Å². The molecule has 0 fully saturated rings. The molecule has 10 aromatic rings. The van der Waals surface area contributed by atoms with Crippen LogP contribution in [-0.4, -0.2) is 0 Å². The number of nitrogens with zero attached hydrogens (tertiary/aromatic N) is 1. The van der Waals surface area contributed by atoms with E-state index in [4.69, 9.17) is 4.42 Å². The van der Waals surface area contributed by atoms with E-state index in [1.54, 1.807) is 0 Å². The van der Waals surface area contributed by atoms with Crippen molar-refractivity contribution >= 4 is 60.5 Å². The Balaban J connectivity index is 1.03. The van der Waals surface area contributed by atoms with E-state index in [1.807, 2.05) is 0 Å². The second kappa shape index (κ2) is 12.5. The maximum atomic E-state index is 6.26. The second-order valence-corrected chi connectivity index (χ2v) is 13.4. The quantitative estimate of drug-likeness (QED) is 0.165. The molecule has 2 nitrogen and oxygen atoms in total. The molecule has 0 atom stereocenters. The molecule has 0 amide bonds. The van der Waals surface area contributed by atoms with Gasteiger partial charge >= 0.3 is 0 Å². The van der Waals surface area contributed by atoms with Crippen molar-refractivity contribution in [2.24, 2.45) is 0 Å². The van der Waals surface area contributed by atoms with Crippen molar-refractivity contribution in [2.45, 2.75) is 0 Å². The van der Waals surface area contributed by atoms with E-state index in [0.29, 0.717) is 0 Å². The summed E-state index contributed by atoms with van der Waals surface area (Å²) in [6, 6.07) is 71.7. The topological polar surface area (TPSA) is 16.4 Å². The largest absolute Gasteiger partial charge is 0.456 e. The first-order valence-corrected chi connectivity index (χ1v) is 17.8. The summed E-state index contributed by atoms with van der Waals surface area (Å²) in [5.74, 6) is 0. The summed E-state index contributed by atoms with van der Waals surface area (Å²) in [5.41, 5.74) is 12.3. The molecule has 0 radical (unpaired) electrons. The minimum atomic E-state index is 0.901. The molecule has 0 N–H and O–H groups in total. The molecule has 0 bridgehead atoms. The lowest BCUT2D eigenvalue weighted by Crippen LogP contribution is -2.10. The minimum absolute atomic E-state index is 0.901.